The van der Waals surface area contributed by atoms with E-state index in [1.54, 1.807) is 6.07 Å². The predicted octanol–water partition coefficient (Wildman–Crippen LogP) is 4.45. The highest BCUT2D eigenvalue weighted by Crippen LogP contribution is 2.32. The minimum atomic E-state index is -0.232. The number of fused-ring (bicyclic) bond motifs is 1. The van der Waals surface area contributed by atoms with Crippen molar-refractivity contribution < 1.29 is 4.39 Å². The molecule has 0 fully saturated rings. The van der Waals surface area contributed by atoms with Gasteiger partial charge in [0.2, 0.25) is 0 Å². The van der Waals surface area contributed by atoms with Gasteiger partial charge in [0.1, 0.15) is 17.2 Å². The van der Waals surface area contributed by atoms with Gasteiger partial charge in [0, 0.05) is 5.54 Å². The SMILES string of the molecule is CCC(C)(CC)n1c(CCl)nc2cccc(F)c21. The van der Waals surface area contributed by atoms with Crippen LogP contribution in [0.5, 0.6) is 0 Å². The third-order valence-electron chi connectivity index (χ3n) is 3.88. The van der Waals surface area contributed by atoms with Crippen molar-refractivity contribution in [1.82, 2.24) is 9.55 Å². The Morgan fingerprint density at radius 1 is 1.33 bits per heavy atom. The summed E-state index contributed by atoms with van der Waals surface area (Å²) in [5.41, 5.74) is 1.10. The zero-order chi connectivity index (χ0) is 13.3. The second-order valence-electron chi connectivity index (χ2n) is 4.81. The summed E-state index contributed by atoms with van der Waals surface area (Å²) >= 11 is 5.97. The summed E-state index contributed by atoms with van der Waals surface area (Å²) in [4.78, 5) is 4.45. The summed E-state index contributed by atoms with van der Waals surface area (Å²) in [6.45, 7) is 6.33. The molecular formula is C14H18ClFN2. The van der Waals surface area contributed by atoms with E-state index in [9.17, 15) is 4.39 Å². The van der Waals surface area contributed by atoms with Gasteiger partial charge < -0.3 is 4.57 Å². The number of para-hydroxylation sites is 1. The van der Waals surface area contributed by atoms with Crippen LogP contribution in [0, 0.1) is 5.82 Å². The Balaban J connectivity index is 2.82. The van der Waals surface area contributed by atoms with E-state index in [-0.39, 0.29) is 11.4 Å². The average Bonchev–Trinajstić information content (AvgIpc) is 2.78. The molecule has 1 heterocycles. The molecule has 0 aliphatic heterocycles. The molecule has 98 valence electrons. The maximum atomic E-state index is 14.1. The molecule has 0 unspecified atom stereocenters. The average molecular weight is 269 g/mol. The number of nitrogens with zero attached hydrogens (tertiary/aromatic N) is 2. The van der Waals surface area contributed by atoms with Gasteiger partial charge in [-0.3, -0.25) is 0 Å². The summed E-state index contributed by atoms with van der Waals surface area (Å²) in [5, 5.41) is 0. The van der Waals surface area contributed by atoms with Crippen LogP contribution >= 0.6 is 11.6 Å². The second kappa shape index (κ2) is 4.88. The van der Waals surface area contributed by atoms with Gasteiger partial charge in [-0.25, -0.2) is 9.37 Å². The van der Waals surface area contributed by atoms with Crippen LogP contribution in [0.1, 0.15) is 39.4 Å². The smallest absolute Gasteiger partial charge is 0.149 e. The van der Waals surface area contributed by atoms with Gasteiger partial charge in [0.15, 0.2) is 0 Å². The van der Waals surface area contributed by atoms with Crippen molar-refractivity contribution in [2.75, 3.05) is 0 Å². The molecule has 0 amide bonds. The Hall–Kier alpha value is -1.09. The number of halogens is 2. The number of hydrogen-bond donors (Lipinski definition) is 0. The Morgan fingerprint density at radius 2 is 2.00 bits per heavy atom. The van der Waals surface area contributed by atoms with Gasteiger partial charge in [-0.05, 0) is 31.9 Å². The number of benzene rings is 1. The normalized spacial score (nSPS) is 12.3. The molecule has 0 aliphatic carbocycles. The van der Waals surface area contributed by atoms with Gasteiger partial charge in [0.05, 0.1) is 11.4 Å². The third-order valence-corrected chi connectivity index (χ3v) is 4.12. The molecule has 4 heteroatoms. The van der Waals surface area contributed by atoms with Gasteiger partial charge >= 0.3 is 0 Å². The first kappa shape index (κ1) is 13.3. The maximum Gasteiger partial charge on any atom is 0.149 e. The van der Waals surface area contributed by atoms with E-state index in [1.165, 1.54) is 6.07 Å². The van der Waals surface area contributed by atoms with Crippen LogP contribution in [0.2, 0.25) is 0 Å². The summed E-state index contributed by atoms with van der Waals surface area (Å²) < 4.78 is 16.1. The first-order valence-electron chi connectivity index (χ1n) is 6.29. The summed E-state index contributed by atoms with van der Waals surface area (Å²) in [7, 11) is 0. The fraction of sp³-hybridized carbons (Fsp3) is 0.500. The number of alkyl halides is 1. The topological polar surface area (TPSA) is 17.8 Å². The van der Waals surface area contributed by atoms with Crippen molar-refractivity contribution in [2.24, 2.45) is 0 Å². The Kier molecular flexibility index (Phi) is 3.62. The molecular weight excluding hydrogens is 251 g/mol. The highest BCUT2D eigenvalue weighted by molar-refractivity contribution is 6.16. The molecule has 1 aromatic heterocycles. The van der Waals surface area contributed by atoms with E-state index in [1.807, 2.05) is 10.6 Å². The minimum Gasteiger partial charge on any atom is -0.319 e. The number of hydrogen-bond acceptors (Lipinski definition) is 1. The van der Waals surface area contributed by atoms with E-state index < -0.39 is 0 Å². The minimum absolute atomic E-state index is 0.152. The van der Waals surface area contributed by atoms with Crippen LogP contribution in [0.25, 0.3) is 11.0 Å². The number of rotatable bonds is 4. The van der Waals surface area contributed by atoms with Crippen LogP contribution in [-0.2, 0) is 11.4 Å². The van der Waals surface area contributed by atoms with Gasteiger partial charge in [0.25, 0.3) is 0 Å². The first-order valence-corrected chi connectivity index (χ1v) is 6.83. The Labute approximate surface area is 112 Å². The highest BCUT2D eigenvalue weighted by Gasteiger charge is 2.28. The van der Waals surface area contributed by atoms with Crippen LogP contribution in [-0.4, -0.2) is 9.55 Å². The van der Waals surface area contributed by atoms with Crippen molar-refractivity contribution in [2.45, 2.75) is 45.0 Å². The zero-order valence-corrected chi connectivity index (χ0v) is 11.8. The van der Waals surface area contributed by atoms with Crippen molar-refractivity contribution in [3.05, 3.63) is 29.8 Å². The highest BCUT2D eigenvalue weighted by atomic mass is 35.5. The van der Waals surface area contributed by atoms with Crippen molar-refractivity contribution in [3.8, 4) is 0 Å². The molecule has 0 aliphatic rings. The van der Waals surface area contributed by atoms with E-state index in [0.717, 1.165) is 18.7 Å². The van der Waals surface area contributed by atoms with E-state index in [0.29, 0.717) is 16.9 Å². The number of aromatic nitrogens is 2. The third kappa shape index (κ3) is 1.91. The Bertz CT molecular complexity index is 558. The molecule has 0 bridgehead atoms. The summed E-state index contributed by atoms with van der Waals surface area (Å²) in [6.07, 6.45) is 1.82. The van der Waals surface area contributed by atoms with Gasteiger partial charge in [-0.15, -0.1) is 11.6 Å². The number of imidazole rings is 1. The lowest BCUT2D eigenvalue weighted by atomic mass is 9.94. The van der Waals surface area contributed by atoms with Crippen LogP contribution < -0.4 is 0 Å². The molecule has 0 saturated carbocycles. The fourth-order valence-electron chi connectivity index (χ4n) is 2.37. The molecule has 0 radical (unpaired) electrons. The standard InChI is InChI=1S/C14H18ClFN2/c1-4-14(3,5-2)18-12(9-15)17-11-8-6-7-10(16)13(11)18/h6-8H,4-5,9H2,1-3H3. The van der Waals surface area contributed by atoms with Crippen molar-refractivity contribution in [1.29, 1.82) is 0 Å². The molecule has 0 saturated heterocycles. The zero-order valence-electron chi connectivity index (χ0n) is 11.0. The van der Waals surface area contributed by atoms with Crippen LogP contribution in [0.4, 0.5) is 4.39 Å². The van der Waals surface area contributed by atoms with Crippen LogP contribution in [0.3, 0.4) is 0 Å². The molecule has 2 rings (SSSR count). The van der Waals surface area contributed by atoms with Crippen LogP contribution in [0.15, 0.2) is 18.2 Å². The predicted molar refractivity (Wildman–Crippen MR) is 73.5 cm³/mol. The lowest BCUT2D eigenvalue weighted by molar-refractivity contribution is 0.294. The summed E-state index contributed by atoms with van der Waals surface area (Å²) in [5.74, 6) is 0.802. The lowest BCUT2D eigenvalue weighted by Crippen LogP contribution is -2.30. The molecule has 1 aromatic carbocycles. The first-order chi connectivity index (χ1) is 8.57. The maximum absolute atomic E-state index is 14.1. The summed E-state index contributed by atoms with van der Waals surface area (Å²) in [6, 6.07) is 4.99. The second-order valence-corrected chi connectivity index (χ2v) is 5.08. The van der Waals surface area contributed by atoms with Crippen molar-refractivity contribution in [3.63, 3.8) is 0 Å². The lowest BCUT2D eigenvalue weighted by Gasteiger charge is -2.31. The molecule has 2 nitrogen and oxygen atoms in total. The van der Waals surface area contributed by atoms with E-state index in [4.69, 9.17) is 11.6 Å². The molecule has 2 aromatic rings. The molecule has 18 heavy (non-hydrogen) atoms. The van der Waals surface area contributed by atoms with Gasteiger partial charge in [-0.2, -0.15) is 0 Å². The molecule has 0 N–H and O–H groups in total. The van der Waals surface area contributed by atoms with E-state index >= 15 is 0 Å². The largest absolute Gasteiger partial charge is 0.319 e. The van der Waals surface area contributed by atoms with Gasteiger partial charge in [-0.1, -0.05) is 19.9 Å². The molecule has 0 spiro atoms. The fourth-order valence-corrected chi connectivity index (χ4v) is 2.55. The van der Waals surface area contributed by atoms with Crippen molar-refractivity contribution >= 4 is 22.6 Å². The quantitative estimate of drug-likeness (QED) is 0.749. The monoisotopic (exact) mass is 268 g/mol. The molecule has 0 atom stereocenters. The Morgan fingerprint density at radius 3 is 2.56 bits per heavy atom. The van der Waals surface area contributed by atoms with E-state index in [2.05, 4.69) is 25.8 Å².